The molecule has 76 valence electrons. The number of hydrogen-bond acceptors (Lipinski definition) is 3. The van der Waals surface area contributed by atoms with E-state index in [4.69, 9.17) is 10.8 Å². The summed E-state index contributed by atoms with van der Waals surface area (Å²) in [7, 11) is 0. The summed E-state index contributed by atoms with van der Waals surface area (Å²) in [4.78, 5) is 0. The molecule has 2 aliphatic rings. The lowest BCUT2D eigenvalue weighted by Gasteiger charge is -2.58. The Balaban J connectivity index is 1.99. The minimum absolute atomic E-state index is 0.137. The maximum absolute atomic E-state index is 9.20. The third-order valence-electron chi connectivity index (χ3n) is 4.17. The predicted molar refractivity (Wildman–Crippen MR) is 50.0 cm³/mol. The highest BCUT2D eigenvalue weighted by molar-refractivity contribution is 5.10. The molecule has 0 aromatic carbocycles. The fourth-order valence-corrected chi connectivity index (χ4v) is 2.95. The zero-order chi connectivity index (χ0) is 9.47. The lowest BCUT2D eigenvalue weighted by Crippen LogP contribution is -2.67. The molecule has 0 amide bonds. The summed E-state index contributed by atoms with van der Waals surface area (Å²) in [5.74, 6) is 0.992. The maximum atomic E-state index is 9.20. The molecular weight excluding hydrogens is 166 g/mol. The van der Waals surface area contributed by atoms with Gasteiger partial charge in [0.1, 0.15) is 0 Å². The van der Waals surface area contributed by atoms with E-state index in [9.17, 15) is 5.11 Å². The van der Waals surface area contributed by atoms with Gasteiger partial charge in [-0.3, -0.25) is 0 Å². The van der Waals surface area contributed by atoms with Crippen LogP contribution in [-0.2, 0) is 0 Å². The van der Waals surface area contributed by atoms with Gasteiger partial charge in [-0.1, -0.05) is 6.42 Å². The predicted octanol–water partition coefficient (Wildman–Crippen LogP) is 0.105. The second kappa shape index (κ2) is 3.23. The quantitative estimate of drug-likeness (QED) is 0.584. The second-order valence-corrected chi connectivity index (χ2v) is 4.68. The van der Waals surface area contributed by atoms with Crippen LogP contribution in [0.1, 0.15) is 25.7 Å². The summed E-state index contributed by atoms with van der Waals surface area (Å²) < 4.78 is 0. The second-order valence-electron chi connectivity index (χ2n) is 4.68. The number of nitrogens with two attached hydrogens (primary N) is 1. The van der Waals surface area contributed by atoms with Gasteiger partial charge in [0.2, 0.25) is 0 Å². The summed E-state index contributed by atoms with van der Waals surface area (Å²) >= 11 is 0. The van der Waals surface area contributed by atoms with E-state index in [0.29, 0.717) is 5.92 Å². The first-order valence-electron chi connectivity index (χ1n) is 5.23. The Morgan fingerprint density at radius 3 is 2.31 bits per heavy atom. The average molecular weight is 185 g/mol. The molecule has 2 fully saturated rings. The van der Waals surface area contributed by atoms with E-state index < -0.39 is 0 Å². The van der Waals surface area contributed by atoms with Gasteiger partial charge in [0.05, 0.1) is 0 Å². The molecule has 0 saturated heterocycles. The first-order valence-corrected chi connectivity index (χ1v) is 5.23. The molecule has 2 aliphatic carbocycles. The lowest BCUT2D eigenvalue weighted by atomic mass is 9.51. The highest BCUT2D eigenvalue weighted by atomic mass is 16.3. The van der Waals surface area contributed by atoms with Crippen molar-refractivity contribution < 1.29 is 10.2 Å². The highest BCUT2D eigenvalue weighted by Gasteiger charge is 2.55. The number of aliphatic hydroxyl groups excluding tert-OH is 2. The number of aliphatic hydroxyl groups is 2. The molecule has 0 spiro atoms. The topological polar surface area (TPSA) is 66.5 Å². The molecule has 0 aromatic rings. The zero-order valence-electron chi connectivity index (χ0n) is 7.95. The van der Waals surface area contributed by atoms with Crippen LogP contribution in [0.4, 0.5) is 0 Å². The van der Waals surface area contributed by atoms with Gasteiger partial charge in [-0.25, -0.2) is 0 Å². The number of hydrogen-bond donors (Lipinski definition) is 3. The Bertz CT molecular complexity index is 193. The summed E-state index contributed by atoms with van der Waals surface area (Å²) in [6.45, 7) is 0.315. The molecule has 13 heavy (non-hydrogen) atoms. The first-order chi connectivity index (χ1) is 6.22. The molecule has 3 unspecified atom stereocenters. The Hall–Kier alpha value is -0.120. The minimum Gasteiger partial charge on any atom is -0.396 e. The van der Waals surface area contributed by atoms with Gasteiger partial charge in [0.15, 0.2) is 0 Å². The van der Waals surface area contributed by atoms with Crippen LogP contribution in [0.15, 0.2) is 0 Å². The Kier molecular flexibility index (Phi) is 2.34. The Labute approximate surface area is 78.9 Å². The van der Waals surface area contributed by atoms with Crippen LogP contribution in [0.5, 0.6) is 0 Å². The molecule has 2 rings (SSSR count). The van der Waals surface area contributed by atoms with Crippen molar-refractivity contribution in [1.82, 2.24) is 0 Å². The molecule has 0 aromatic heterocycles. The van der Waals surface area contributed by atoms with Crippen LogP contribution in [0.2, 0.25) is 0 Å². The van der Waals surface area contributed by atoms with Gasteiger partial charge >= 0.3 is 0 Å². The van der Waals surface area contributed by atoms with Crippen molar-refractivity contribution in [1.29, 1.82) is 0 Å². The fraction of sp³-hybridized carbons (Fsp3) is 1.00. The van der Waals surface area contributed by atoms with Crippen molar-refractivity contribution in [3.05, 3.63) is 0 Å². The smallest absolute Gasteiger partial charge is 0.0480 e. The van der Waals surface area contributed by atoms with Crippen molar-refractivity contribution >= 4 is 0 Å². The van der Waals surface area contributed by atoms with Gasteiger partial charge in [-0.05, 0) is 31.1 Å². The van der Waals surface area contributed by atoms with Crippen LogP contribution in [0.25, 0.3) is 0 Å². The summed E-state index contributed by atoms with van der Waals surface area (Å²) in [5.41, 5.74) is 6.11. The van der Waals surface area contributed by atoms with Crippen molar-refractivity contribution in [2.75, 3.05) is 13.2 Å². The van der Waals surface area contributed by atoms with E-state index >= 15 is 0 Å². The van der Waals surface area contributed by atoms with Gasteiger partial charge in [-0.2, -0.15) is 0 Å². The summed E-state index contributed by atoms with van der Waals surface area (Å²) in [6.07, 6.45) is 4.61. The van der Waals surface area contributed by atoms with Crippen LogP contribution in [-0.4, -0.2) is 29.0 Å². The maximum Gasteiger partial charge on any atom is 0.0480 e. The van der Waals surface area contributed by atoms with Crippen molar-refractivity contribution in [3.63, 3.8) is 0 Å². The molecule has 0 bridgehead atoms. The lowest BCUT2D eigenvalue weighted by molar-refractivity contribution is -0.0831. The first kappa shape index (κ1) is 9.44. The molecule has 0 aliphatic heterocycles. The van der Waals surface area contributed by atoms with Gasteiger partial charge in [-0.15, -0.1) is 0 Å². The van der Waals surface area contributed by atoms with Crippen molar-refractivity contribution in [3.8, 4) is 0 Å². The monoisotopic (exact) mass is 185 g/mol. The van der Waals surface area contributed by atoms with Crippen LogP contribution in [0.3, 0.4) is 0 Å². The van der Waals surface area contributed by atoms with E-state index in [-0.39, 0.29) is 30.6 Å². The highest BCUT2D eigenvalue weighted by Crippen LogP contribution is 2.52. The van der Waals surface area contributed by atoms with Gasteiger partial charge in [0.25, 0.3) is 0 Å². The summed E-state index contributed by atoms with van der Waals surface area (Å²) in [5, 5.41) is 18.2. The van der Waals surface area contributed by atoms with Gasteiger partial charge < -0.3 is 15.9 Å². The molecule has 2 saturated carbocycles. The van der Waals surface area contributed by atoms with Gasteiger partial charge in [0, 0.05) is 24.7 Å². The standard InChI is InChI=1S/C10H19NO2/c11-10(8-2-1-3-8)4-7(5-12)9(10)6-13/h7-9,12-13H,1-6,11H2. The third kappa shape index (κ3) is 1.22. The molecule has 4 N–H and O–H groups in total. The largest absolute Gasteiger partial charge is 0.396 e. The molecule has 3 atom stereocenters. The molecule has 0 heterocycles. The van der Waals surface area contributed by atoms with Crippen molar-refractivity contribution in [2.24, 2.45) is 23.5 Å². The summed E-state index contributed by atoms with van der Waals surface area (Å²) in [6, 6.07) is 0. The van der Waals surface area contributed by atoms with E-state index in [1.54, 1.807) is 0 Å². The molecule has 3 nitrogen and oxygen atoms in total. The molecular formula is C10H19NO2. The number of rotatable bonds is 3. The van der Waals surface area contributed by atoms with Crippen molar-refractivity contribution in [2.45, 2.75) is 31.2 Å². The Morgan fingerprint density at radius 2 is 1.92 bits per heavy atom. The Morgan fingerprint density at radius 1 is 1.23 bits per heavy atom. The molecule has 0 radical (unpaired) electrons. The van der Waals surface area contributed by atoms with Crippen LogP contribution >= 0.6 is 0 Å². The third-order valence-corrected chi connectivity index (χ3v) is 4.17. The van der Waals surface area contributed by atoms with Crippen LogP contribution in [0, 0.1) is 17.8 Å². The van der Waals surface area contributed by atoms with E-state index in [2.05, 4.69) is 0 Å². The van der Waals surface area contributed by atoms with E-state index in [1.807, 2.05) is 0 Å². The molecule has 3 heteroatoms. The minimum atomic E-state index is -0.152. The average Bonchev–Trinajstić information content (AvgIpc) is 1.97. The SMILES string of the molecule is NC1(C2CCC2)CC(CO)C1CO. The van der Waals surface area contributed by atoms with Crippen LogP contribution < -0.4 is 5.73 Å². The van der Waals surface area contributed by atoms with E-state index in [0.717, 1.165) is 6.42 Å². The zero-order valence-corrected chi connectivity index (χ0v) is 7.95. The fourth-order valence-electron chi connectivity index (χ4n) is 2.95. The normalized spacial score (nSPS) is 45.5. The van der Waals surface area contributed by atoms with E-state index in [1.165, 1.54) is 19.3 Å².